The van der Waals surface area contributed by atoms with Crippen LogP contribution in [0.1, 0.15) is 22.3 Å². The van der Waals surface area contributed by atoms with Crippen molar-refractivity contribution in [3.8, 4) is 5.75 Å². The Kier molecular flexibility index (Phi) is 10.2. The monoisotopic (exact) mass is 508 g/mol. The average molecular weight is 509 g/mol. The van der Waals surface area contributed by atoms with Crippen LogP contribution in [0.15, 0.2) is 30.3 Å². The van der Waals surface area contributed by atoms with Crippen LogP contribution in [0.2, 0.25) is 5.02 Å². The molecule has 0 unspecified atom stereocenters. The van der Waals surface area contributed by atoms with Crippen LogP contribution in [0.5, 0.6) is 5.75 Å². The molecule has 0 aromatic heterocycles. The van der Waals surface area contributed by atoms with Crippen LogP contribution in [0, 0.1) is 19.7 Å². The molecule has 2 aromatic carbocycles. The summed E-state index contributed by atoms with van der Waals surface area (Å²) in [7, 11) is -4.28. The van der Waals surface area contributed by atoms with Crippen molar-refractivity contribution >= 4 is 57.2 Å². The molecule has 1 heterocycles. The number of hydrogen-bond acceptors (Lipinski definition) is 5. The molecule has 1 aliphatic rings. The predicted octanol–water partition coefficient (Wildman–Crippen LogP) is 2.56. The van der Waals surface area contributed by atoms with Crippen molar-refractivity contribution in [3.63, 3.8) is 0 Å². The zero-order valence-electron chi connectivity index (χ0n) is 18.0. The van der Waals surface area contributed by atoms with Crippen LogP contribution in [-0.4, -0.2) is 91.0 Å². The van der Waals surface area contributed by atoms with Crippen LogP contribution >= 0.6 is 11.6 Å². The number of rotatable bonds is 7. The van der Waals surface area contributed by atoms with Gasteiger partial charge in [-0.25, -0.2) is 4.39 Å². The molecule has 0 saturated carbocycles. The van der Waals surface area contributed by atoms with Crippen LogP contribution in [0.4, 0.5) is 4.39 Å². The first-order valence-electron chi connectivity index (χ1n) is 10.1. The number of aryl methyl sites for hydroxylation is 2. The number of benzene rings is 2. The van der Waals surface area contributed by atoms with Gasteiger partial charge in [0.1, 0.15) is 17.3 Å². The van der Waals surface area contributed by atoms with Crippen molar-refractivity contribution < 1.29 is 26.9 Å². The SMILES string of the molecule is Cc1cc(CN2CCN(C(=O)COc3ccc(Cl)cc3CS(=O)(=O)O)CC2)c(C)cc1F.[NaH]. The second-order valence-electron chi connectivity index (χ2n) is 7.95. The van der Waals surface area contributed by atoms with Gasteiger partial charge in [-0.3, -0.25) is 14.2 Å². The molecule has 33 heavy (non-hydrogen) atoms. The minimum absolute atomic E-state index is 0. The molecular formula is C22H27ClFN2NaO5S. The van der Waals surface area contributed by atoms with E-state index in [1.54, 1.807) is 17.9 Å². The number of carbonyl (C=O) groups is 1. The fourth-order valence-corrected chi connectivity index (χ4v) is 4.45. The van der Waals surface area contributed by atoms with Gasteiger partial charge in [-0.1, -0.05) is 17.7 Å². The predicted molar refractivity (Wildman–Crippen MR) is 127 cm³/mol. The summed E-state index contributed by atoms with van der Waals surface area (Å²) in [6.07, 6.45) is 0. The van der Waals surface area contributed by atoms with E-state index in [0.29, 0.717) is 43.3 Å². The van der Waals surface area contributed by atoms with E-state index in [1.165, 1.54) is 18.2 Å². The zero-order valence-corrected chi connectivity index (χ0v) is 19.5. The number of ether oxygens (including phenoxy) is 1. The van der Waals surface area contributed by atoms with Gasteiger partial charge in [0.2, 0.25) is 0 Å². The summed E-state index contributed by atoms with van der Waals surface area (Å²) in [5.74, 6) is -0.896. The van der Waals surface area contributed by atoms with Gasteiger partial charge >= 0.3 is 29.6 Å². The van der Waals surface area contributed by atoms with Crippen molar-refractivity contribution in [2.24, 2.45) is 0 Å². The average Bonchev–Trinajstić information content (AvgIpc) is 2.70. The van der Waals surface area contributed by atoms with E-state index in [2.05, 4.69) is 4.90 Å². The van der Waals surface area contributed by atoms with E-state index in [0.717, 1.165) is 11.1 Å². The summed E-state index contributed by atoms with van der Waals surface area (Å²) in [5.41, 5.74) is 2.78. The van der Waals surface area contributed by atoms with Crippen molar-refractivity contribution in [2.75, 3.05) is 32.8 Å². The first-order valence-corrected chi connectivity index (χ1v) is 12.1. The molecule has 176 valence electrons. The first-order chi connectivity index (χ1) is 15.0. The summed E-state index contributed by atoms with van der Waals surface area (Å²) >= 11 is 5.90. The number of halogens is 2. The number of nitrogens with zero attached hydrogens (tertiary/aromatic N) is 2. The molecule has 7 nitrogen and oxygen atoms in total. The standard InChI is InChI=1S/C22H26ClFN2O5S.Na.H/c1-15-10-20(24)16(2)9-17(15)12-25-5-7-26(8-6-25)22(27)13-31-21-4-3-19(23)11-18(21)14-32(28,29)30;;/h3-4,9-11H,5-8,12-14H2,1-2H3,(H,28,29,30);;. The van der Waals surface area contributed by atoms with Crippen LogP contribution < -0.4 is 4.74 Å². The molecular weight excluding hydrogens is 482 g/mol. The maximum atomic E-state index is 13.7. The minimum atomic E-state index is -4.28. The third-order valence-electron chi connectivity index (χ3n) is 5.45. The molecule has 0 atom stereocenters. The summed E-state index contributed by atoms with van der Waals surface area (Å²) in [6.45, 7) is 6.48. The molecule has 0 radical (unpaired) electrons. The van der Waals surface area contributed by atoms with Crippen molar-refractivity contribution in [1.82, 2.24) is 9.80 Å². The van der Waals surface area contributed by atoms with Crippen molar-refractivity contribution in [1.29, 1.82) is 0 Å². The number of amides is 1. The Hall–Kier alpha value is -1.20. The van der Waals surface area contributed by atoms with E-state index in [9.17, 15) is 17.6 Å². The molecule has 0 spiro atoms. The van der Waals surface area contributed by atoms with Gasteiger partial charge in [0.25, 0.3) is 16.0 Å². The number of hydrogen-bond donors (Lipinski definition) is 1. The molecule has 1 N–H and O–H groups in total. The Morgan fingerprint density at radius 3 is 2.39 bits per heavy atom. The molecule has 1 amide bonds. The number of carbonyl (C=O) groups excluding carboxylic acids is 1. The van der Waals surface area contributed by atoms with Crippen LogP contribution in [0.3, 0.4) is 0 Å². The van der Waals surface area contributed by atoms with Gasteiger partial charge < -0.3 is 9.64 Å². The third-order valence-corrected chi connectivity index (χ3v) is 6.36. The second kappa shape index (κ2) is 12.0. The molecule has 11 heteroatoms. The molecule has 1 saturated heterocycles. The van der Waals surface area contributed by atoms with Gasteiger partial charge in [-0.2, -0.15) is 8.42 Å². The topological polar surface area (TPSA) is 87.2 Å². The molecule has 0 aliphatic carbocycles. The van der Waals surface area contributed by atoms with Crippen molar-refractivity contribution in [3.05, 3.63) is 63.4 Å². The third kappa shape index (κ3) is 8.20. The molecule has 3 rings (SSSR count). The van der Waals surface area contributed by atoms with Gasteiger partial charge in [0.15, 0.2) is 6.61 Å². The van der Waals surface area contributed by atoms with E-state index >= 15 is 0 Å². The Labute approximate surface area is 220 Å². The normalized spacial score (nSPS) is 14.6. The summed E-state index contributed by atoms with van der Waals surface area (Å²) in [5, 5.41) is 0.296. The Morgan fingerprint density at radius 1 is 1.09 bits per heavy atom. The molecule has 1 aliphatic heterocycles. The van der Waals surface area contributed by atoms with Gasteiger partial charge in [0, 0.05) is 43.3 Å². The van der Waals surface area contributed by atoms with Gasteiger partial charge in [-0.05, 0) is 54.8 Å². The fourth-order valence-electron chi connectivity index (χ4n) is 3.64. The Morgan fingerprint density at radius 2 is 1.76 bits per heavy atom. The summed E-state index contributed by atoms with van der Waals surface area (Å²) in [4.78, 5) is 16.5. The Bertz CT molecular complexity index is 1110. The van der Waals surface area contributed by atoms with Crippen molar-refractivity contribution in [2.45, 2.75) is 26.1 Å². The molecule has 1 fully saturated rings. The van der Waals surface area contributed by atoms with Crippen LogP contribution in [0.25, 0.3) is 0 Å². The second-order valence-corrected chi connectivity index (χ2v) is 9.84. The van der Waals surface area contributed by atoms with E-state index < -0.39 is 15.9 Å². The summed E-state index contributed by atoms with van der Waals surface area (Å²) < 4.78 is 50.8. The summed E-state index contributed by atoms with van der Waals surface area (Å²) in [6, 6.07) is 7.79. The Balaban J connectivity index is 0.00000385. The zero-order chi connectivity index (χ0) is 23.5. The number of piperazine rings is 1. The quantitative estimate of drug-likeness (QED) is 0.457. The van der Waals surface area contributed by atoms with E-state index in [4.69, 9.17) is 20.9 Å². The van der Waals surface area contributed by atoms with E-state index in [1.807, 2.05) is 13.0 Å². The first kappa shape index (κ1) is 28.0. The van der Waals surface area contributed by atoms with Gasteiger partial charge in [-0.15, -0.1) is 0 Å². The molecule has 0 bridgehead atoms. The fraction of sp³-hybridized carbons (Fsp3) is 0.409. The molecule has 2 aromatic rings. The van der Waals surface area contributed by atoms with Crippen LogP contribution in [-0.2, 0) is 27.2 Å². The van der Waals surface area contributed by atoms with E-state index in [-0.39, 0.29) is 59.2 Å². The maximum absolute atomic E-state index is 13.7. The van der Waals surface area contributed by atoms with Gasteiger partial charge in [0.05, 0.1) is 0 Å².